The average molecular weight is 324 g/mol. The van der Waals surface area contributed by atoms with Crippen LogP contribution in [0, 0.1) is 11.3 Å². The zero-order valence-electron chi connectivity index (χ0n) is 11.6. The molecular formula is C15H22BrN3. The van der Waals surface area contributed by atoms with E-state index >= 15 is 0 Å². The largest absolute Gasteiger partial charge is 0.384 e. The van der Waals surface area contributed by atoms with E-state index in [9.17, 15) is 0 Å². The predicted octanol–water partition coefficient (Wildman–Crippen LogP) is 3.75. The van der Waals surface area contributed by atoms with Crippen LogP contribution in [0.5, 0.6) is 0 Å². The topological polar surface area (TPSA) is 53.1 Å². The zero-order valence-corrected chi connectivity index (χ0v) is 13.2. The highest BCUT2D eigenvalue weighted by Crippen LogP contribution is 2.34. The summed E-state index contributed by atoms with van der Waals surface area (Å²) in [6, 6.07) is 6.52. The van der Waals surface area contributed by atoms with Gasteiger partial charge in [0.15, 0.2) is 0 Å². The molecule has 1 fully saturated rings. The van der Waals surface area contributed by atoms with Crippen LogP contribution in [0.3, 0.4) is 0 Å². The van der Waals surface area contributed by atoms with Crippen molar-refractivity contribution in [3.8, 4) is 0 Å². The molecule has 0 spiro atoms. The van der Waals surface area contributed by atoms with E-state index in [2.05, 4.69) is 40.9 Å². The highest BCUT2D eigenvalue weighted by atomic mass is 79.9. The Labute approximate surface area is 123 Å². The molecule has 0 aliphatic heterocycles. The van der Waals surface area contributed by atoms with E-state index in [1.807, 2.05) is 12.1 Å². The summed E-state index contributed by atoms with van der Waals surface area (Å²) in [5.41, 5.74) is 7.47. The molecule has 0 radical (unpaired) electrons. The van der Waals surface area contributed by atoms with Crippen LogP contribution < -0.4 is 10.6 Å². The van der Waals surface area contributed by atoms with Gasteiger partial charge in [0.1, 0.15) is 5.84 Å². The molecule has 19 heavy (non-hydrogen) atoms. The molecular weight excluding hydrogens is 302 g/mol. The van der Waals surface area contributed by atoms with Crippen molar-refractivity contribution in [2.45, 2.75) is 38.6 Å². The summed E-state index contributed by atoms with van der Waals surface area (Å²) in [4.78, 5) is 2.37. The number of nitrogen functional groups attached to an aromatic ring is 1. The summed E-state index contributed by atoms with van der Waals surface area (Å²) in [6.45, 7) is 2.35. The summed E-state index contributed by atoms with van der Waals surface area (Å²) in [6.07, 6.45) is 5.26. The van der Waals surface area contributed by atoms with Crippen LogP contribution in [0.4, 0.5) is 5.69 Å². The molecule has 2 rings (SSSR count). The molecule has 0 aromatic heterocycles. The standard InChI is InChI=1S/C15H22BrN3/c1-10-5-3-4-6-13(10)19(2)14-8-7-11(15(17)18)9-12(14)16/h7-10,13H,3-6H2,1-2H3,(H3,17,18). The van der Waals surface area contributed by atoms with Crippen LogP contribution in [0.25, 0.3) is 0 Å². The lowest BCUT2D eigenvalue weighted by atomic mass is 9.85. The molecule has 1 aromatic rings. The number of amidine groups is 1. The Hall–Kier alpha value is -1.03. The number of anilines is 1. The molecule has 0 heterocycles. The third-order valence-electron chi connectivity index (χ3n) is 4.20. The number of nitrogens with zero attached hydrogens (tertiary/aromatic N) is 1. The van der Waals surface area contributed by atoms with Gasteiger partial charge in [-0.15, -0.1) is 0 Å². The van der Waals surface area contributed by atoms with Crippen LogP contribution in [-0.4, -0.2) is 18.9 Å². The molecule has 2 atom stereocenters. The molecule has 1 aliphatic carbocycles. The Morgan fingerprint density at radius 1 is 1.37 bits per heavy atom. The lowest BCUT2D eigenvalue weighted by Gasteiger charge is -2.38. The fourth-order valence-corrected chi connectivity index (χ4v) is 3.67. The van der Waals surface area contributed by atoms with Gasteiger partial charge in [0, 0.05) is 23.1 Å². The molecule has 0 bridgehead atoms. The van der Waals surface area contributed by atoms with Gasteiger partial charge in [-0.05, 0) is 52.9 Å². The van der Waals surface area contributed by atoms with Crippen LogP contribution in [-0.2, 0) is 0 Å². The van der Waals surface area contributed by atoms with Crippen LogP contribution >= 0.6 is 15.9 Å². The van der Waals surface area contributed by atoms with E-state index in [1.54, 1.807) is 0 Å². The van der Waals surface area contributed by atoms with Gasteiger partial charge in [0.2, 0.25) is 0 Å². The first-order valence-electron chi connectivity index (χ1n) is 6.87. The maximum atomic E-state index is 7.48. The minimum atomic E-state index is 0.112. The van der Waals surface area contributed by atoms with Gasteiger partial charge in [-0.2, -0.15) is 0 Å². The number of hydrogen-bond donors (Lipinski definition) is 2. The molecule has 3 N–H and O–H groups in total. The smallest absolute Gasteiger partial charge is 0.122 e. The van der Waals surface area contributed by atoms with Crippen LogP contribution in [0.2, 0.25) is 0 Å². The summed E-state index contributed by atoms with van der Waals surface area (Å²) in [5.74, 6) is 0.846. The molecule has 1 aliphatic rings. The molecule has 4 heteroatoms. The zero-order chi connectivity index (χ0) is 14.0. The van der Waals surface area contributed by atoms with E-state index in [1.165, 1.54) is 31.4 Å². The van der Waals surface area contributed by atoms with Gasteiger partial charge in [0.05, 0.1) is 5.69 Å². The molecule has 3 nitrogen and oxygen atoms in total. The summed E-state index contributed by atoms with van der Waals surface area (Å²) in [7, 11) is 2.17. The minimum absolute atomic E-state index is 0.112. The van der Waals surface area contributed by atoms with E-state index in [0.29, 0.717) is 6.04 Å². The maximum Gasteiger partial charge on any atom is 0.122 e. The minimum Gasteiger partial charge on any atom is -0.384 e. The summed E-state index contributed by atoms with van der Waals surface area (Å²) < 4.78 is 1.01. The van der Waals surface area contributed by atoms with Crippen molar-refractivity contribution in [1.29, 1.82) is 5.41 Å². The third kappa shape index (κ3) is 3.11. The van der Waals surface area contributed by atoms with Gasteiger partial charge < -0.3 is 10.6 Å². The van der Waals surface area contributed by atoms with Gasteiger partial charge in [-0.3, -0.25) is 5.41 Å². The lowest BCUT2D eigenvalue weighted by molar-refractivity contribution is 0.321. The second-order valence-electron chi connectivity index (χ2n) is 5.52. The summed E-state index contributed by atoms with van der Waals surface area (Å²) >= 11 is 3.61. The van der Waals surface area contributed by atoms with Gasteiger partial charge in [0.25, 0.3) is 0 Å². The number of benzene rings is 1. The van der Waals surface area contributed by atoms with Crippen molar-refractivity contribution in [2.75, 3.05) is 11.9 Å². The lowest BCUT2D eigenvalue weighted by Crippen LogP contribution is -2.39. The number of nitrogens with one attached hydrogen (secondary N) is 1. The highest BCUT2D eigenvalue weighted by Gasteiger charge is 2.26. The molecule has 1 saturated carbocycles. The van der Waals surface area contributed by atoms with Crippen molar-refractivity contribution in [3.63, 3.8) is 0 Å². The van der Waals surface area contributed by atoms with E-state index in [0.717, 1.165) is 16.0 Å². The quantitative estimate of drug-likeness (QED) is 0.657. The van der Waals surface area contributed by atoms with E-state index < -0.39 is 0 Å². The molecule has 0 saturated heterocycles. The fraction of sp³-hybridized carbons (Fsp3) is 0.533. The Balaban J connectivity index is 2.23. The number of nitrogens with two attached hydrogens (primary N) is 1. The molecule has 2 unspecified atom stereocenters. The maximum absolute atomic E-state index is 7.48. The van der Waals surface area contributed by atoms with Crippen molar-refractivity contribution < 1.29 is 0 Å². The predicted molar refractivity (Wildman–Crippen MR) is 85.0 cm³/mol. The highest BCUT2D eigenvalue weighted by molar-refractivity contribution is 9.10. The van der Waals surface area contributed by atoms with E-state index in [4.69, 9.17) is 11.1 Å². The number of rotatable bonds is 3. The Morgan fingerprint density at radius 3 is 2.63 bits per heavy atom. The third-order valence-corrected chi connectivity index (χ3v) is 4.84. The first-order chi connectivity index (χ1) is 9.00. The van der Waals surface area contributed by atoms with Gasteiger partial charge in [-0.25, -0.2) is 0 Å². The number of hydrogen-bond acceptors (Lipinski definition) is 2. The van der Waals surface area contributed by atoms with Crippen molar-refractivity contribution in [2.24, 2.45) is 11.7 Å². The second kappa shape index (κ2) is 5.95. The van der Waals surface area contributed by atoms with Crippen LogP contribution in [0.15, 0.2) is 22.7 Å². The van der Waals surface area contributed by atoms with Crippen molar-refractivity contribution >= 4 is 27.5 Å². The molecule has 1 aromatic carbocycles. The second-order valence-corrected chi connectivity index (χ2v) is 6.37. The van der Waals surface area contributed by atoms with Gasteiger partial charge >= 0.3 is 0 Å². The monoisotopic (exact) mass is 323 g/mol. The first kappa shape index (κ1) is 14.4. The van der Waals surface area contributed by atoms with Gasteiger partial charge in [-0.1, -0.05) is 19.8 Å². The Kier molecular flexibility index (Phi) is 4.50. The van der Waals surface area contributed by atoms with Crippen molar-refractivity contribution in [1.82, 2.24) is 0 Å². The Morgan fingerprint density at radius 2 is 2.05 bits per heavy atom. The van der Waals surface area contributed by atoms with Crippen LogP contribution in [0.1, 0.15) is 38.2 Å². The van der Waals surface area contributed by atoms with E-state index in [-0.39, 0.29) is 5.84 Å². The average Bonchev–Trinajstić information content (AvgIpc) is 2.38. The molecule has 104 valence electrons. The summed E-state index contributed by atoms with van der Waals surface area (Å²) in [5, 5.41) is 7.48. The fourth-order valence-electron chi connectivity index (χ4n) is 3.01. The Bertz CT molecular complexity index is 472. The number of halogens is 1. The SMILES string of the molecule is CC1CCCCC1N(C)c1ccc(C(=N)N)cc1Br. The van der Waals surface area contributed by atoms with Crippen molar-refractivity contribution in [3.05, 3.63) is 28.2 Å². The molecule has 0 amide bonds. The first-order valence-corrected chi connectivity index (χ1v) is 7.66. The normalized spacial score (nSPS) is 23.1.